The Kier molecular flexibility index (Phi) is 7.46. The lowest BCUT2D eigenvalue weighted by Crippen LogP contribution is -2.32. The molecule has 0 heterocycles. The summed E-state index contributed by atoms with van der Waals surface area (Å²) in [6, 6.07) is 30.1. The summed E-state index contributed by atoms with van der Waals surface area (Å²) in [6.45, 7) is 0.0280. The molecule has 1 N–H and O–H groups in total. The average molecular weight is 501 g/mol. The Morgan fingerprint density at radius 3 is 2.14 bits per heavy atom. The fourth-order valence-corrected chi connectivity index (χ4v) is 5.18. The highest BCUT2D eigenvalue weighted by Crippen LogP contribution is 2.30. The van der Waals surface area contributed by atoms with Gasteiger partial charge in [-0.25, -0.2) is 13.2 Å². The number of hydrogen-bond donors (Lipinski definition) is 1. The van der Waals surface area contributed by atoms with Crippen LogP contribution in [0.3, 0.4) is 0 Å². The van der Waals surface area contributed by atoms with Crippen molar-refractivity contribution in [1.82, 2.24) is 0 Å². The third-order valence-corrected chi connectivity index (χ3v) is 7.23. The number of amides is 1. The predicted octanol–water partition coefficient (Wildman–Crippen LogP) is 5.12. The average Bonchev–Trinajstić information content (AvgIpc) is 2.92. The van der Waals surface area contributed by atoms with Crippen LogP contribution >= 0.6 is 0 Å². The van der Waals surface area contributed by atoms with Gasteiger partial charge in [-0.05, 0) is 48.0 Å². The quantitative estimate of drug-likeness (QED) is 0.339. The van der Waals surface area contributed by atoms with E-state index in [-0.39, 0.29) is 28.3 Å². The fourth-order valence-electron chi connectivity index (χ4n) is 3.69. The van der Waals surface area contributed by atoms with E-state index in [4.69, 9.17) is 4.74 Å². The first-order valence-corrected chi connectivity index (χ1v) is 12.5. The first-order valence-electron chi connectivity index (χ1n) is 11.1. The number of hydrogen-bond acceptors (Lipinski definition) is 5. The number of carbonyl (C=O) groups excluding carboxylic acids is 2. The topological polar surface area (TPSA) is 92.8 Å². The van der Waals surface area contributed by atoms with Crippen molar-refractivity contribution >= 4 is 33.3 Å². The zero-order valence-corrected chi connectivity index (χ0v) is 20.3. The lowest BCUT2D eigenvalue weighted by Gasteiger charge is -2.26. The van der Waals surface area contributed by atoms with Crippen LogP contribution in [-0.2, 0) is 21.3 Å². The van der Waals surface area contributed by atoms with E-state index in [9.17, 15) is 18.0 Å². The van der Waals surface area contributed by atoms with Crippen molar-refractivity contribution in [2.75, 3.05) is 16.7 Å². The Morgan fingerprint density at radius 2 is 1.44 bits per heavy atom. The molecule has 182 valence electrons. The summed E-state index contributed by atoms with van der Waals surface area (Å²) in [5, 5.41) is 2.76. The molecule has 4 aromatic rings. The molecule has 0 aromatic heterocycles. The van der Waals surface area contributed by atoms with Crippen molar-refractivity contribution < 1.29 is 22.7 Å². The predicted molar refractivity (Wildman–Crippen MR) is 138 cm³/mol. The van der Waals surface area contributed by atoms with E-state index >= 15 is 0 Å². The second-order valence-electron chi connectivity index (χ2n) is 7.85. The third-order valence-electron chi connectivity index (χ3n) is 5.46. The summed E-state index contributed by atoms with van der Waals surface area (Å²) in [4.78, 5) is 25.3. The molecule has 0 spiro atoms. The maximum Gasteiger partial charge on any atom is 0.337 e. The van der Waals surface area contributed by atoms with Crippen LogP contribution in [0.25, 0.3) is 0 Å². The normalized spacial score (nSPS) is 10.9. The number of nitrogens with zero attached hydrogens (tertiary/aromatic N) is 1. The lowest BCUT2D eigenvalue weighted by molar-refractivity contribution is 0.0600. The van der Waals surface area contributed by atoms with Gasteiger partial charge in [0.15, 0.2) is 0 Å². The highest BCUT2D eigenvalue weighted by Gasteiger charge is 2.28. The van der Waals surface area contributed by atoms with E-state index in [1.165, 1.54) is 29.6 Å². The maximum atomic E-state index is 13.8. The highest BCUT2D eigenvalue weighted by molar-refractivity contribution is 7.92. The van der Waals surface area contributed by atoms with Crippen molar-refractivity contribution in [3.8, 4) is 0 Å². The lowest BCUT2D eigenvalue weighted by atomic mass is 10.1. The number of anilines is 2. The van der Waals surface area contributed by atoms with Gasteiger partial charge in [-0.3, -0.25) is 9.10 Å². The van der Waals surface area contributed by atoms with Crippen molar-refractivity contribution in [2.45, 2.75) is 11.4 Å². The zero-order valence-electron chi connectivity index (χ0n) is 19.5. The number of carbonyl (C=O) groups is 2. The van der Waals surface area contributed by atoms with Gasteiger partial charge in [0.2, 0.25) is 0 Å². The van der Waals surface area contributed by atoms with Crippen LogP contribution in [0.5, 0.6) is 0 Å². The maximum absolute atomic E-state index is 13.8. The van der Waals surface area contributed by atoms with Gasteiger partial charge in [-0.1, -0.05) is 66.7 Å². The molecule has 0 aliphatic carbocycles. The number of sulfonamides is 1. The molecule has 0 bridgehead atoms. The van der Waals surface area contributed by atoms with Gasteiger partial charge in [0.25, 0.3) is 15.9 Å². The largest absolute Gasteiger partial charge is 0.465 e. The SMILES string of the molecule is COC(=O)c1cccc(NC(=O)c2ccccc2N(Cc2ccccc2)S(=O)(=O)c2ccccc2)c1. The minimum atomic E-state index is -4.01. The molecule has 0 saturated carbocycles. The van der Waals surface area contributed by atoms with Crippen LogP contribution in [0.2, 0.25) is 0 Å². The zero-order chi connectivity index (χ0) is 25.5. The molecular formula is C28H24N2O5S. The van der Waals surface area contributed by atoms with Crippen LogP contribution < -0.4 is 9.62 Å². The van der Waals surface area contributed by atoms with E-state index in [1.54, 1.807) is 60.7 Å². The molecule has 36 heavy (non-hydrogen) atoms. The number of para-hydroxylation sites is 1. The second-order valence-corrected chi connectivity index (χ2v) is 9.72. The molecule has 0 aliphatic heterocycles. The molecule has 1 amide bonds. The van der Waals surface area contributed by atoms with Gasteiger partial charge in [-0.15, -0.1) is 0 Å². The standard InChI is InChI=1S/C28H24N2O5S/c1-35-28(32)22-13-10-14-23(19-22)29-27(31)25-17-8-9-18-26(25)30(20-21-11-4-2-5-12-21)36(33,34)24-15-6-3-7-16-24/h2-19H,20H2,1H3,(H,29,31). The van der Waals surface area contributed by atoms with Crippen LogP contribution in [0.4, 0.5) is 11.4 Å². The molecule has 7 nitrogen and oxygen atoms in total. The van der Waals surface area contributed by atoms with Gasteiger partial charge < -0.3 is 10.1 Å². The number of methoxy groups -OCH3 is 1. The van der Waals surface area contributed by atoms with Gasteiger partial charge in [0, 0.05) is 5.69 Å². The molecule has 4 rings (SSSR count). The fraction of sp³-hybridized carbons (Fsp3) is 0.0714. The number of rotatable bonds is 8. The van der Waals surface area contributed by atoms with Crippen LogP contribution in [0, 0.1) is 0 Å². The van der Waals surface area contributed by atoms with Gasteiger partial charge in [0.1, 0.15) is 0 Å². The summed E-state index contributed by atoms with van der Waals surface area (Å²) >= 11 is 0. The van der Waals surface area contributed by atoms with E-state index in [0.29, 0.717) is 5.69 Å². The second kappa shape index (κ2) is 10.9. The Bertz CT molecular complexity index is 1470. The Balaban J connectivity index is 1.75. The van der Waals surface area contributed by atoms with E-state index in [1.807, 2.05) is 30.3 Å². The first kappa shape index (κ1) is 24.7. The smallest absolute Gasteiger partial charge is 0.337 e. The monoisotopic (exact) mass is 500 g/mol. The molecule has 4 aromatic carbocycles. The first-order chi connectivity index (χ1) is 17.4. The van der Waals surface area contributed by atoms with Crippen molar-refractivity contribution in [2.24, 2.45) is 0 Å². The van der Waals surface area contributed by atoms with Crippen molar-refractivity contribution in [1.29, 1.82) is 0 Å². The highest BCUT2D eigenvalue weighted by atomic mass is 32.2. The van der Waals surface area contributed by atoms with Gasteiger partial charge in [-0.2, -0.15) is 0 Å². The summed E-state index contributed by atoms with van der Waals surface area (Å²) < 4.78 is 33.5. The molecule has 0 radical (unpaired) electrons. The third kappa shape index (κ3) is 5.45. The number of benzene rings is 4. The van der Waals surface area contributed by atoms with Crippen molar-refractivity contribution in [3.63, 3.8) is 0 Å². The van der Waals surface area contributed by atoms with E-state index in [0.717, 1.165) is 5.56 Å². The minimum absolute atomic E-state index is 0.0280. The van der Waals surface area contributed by atoms with Crippen LogP contribution in [-0.4, -0.2) is 27.4 Å². The molecule has 8 heteroatoms. The van der Waals surface area contributed by atoms with E-state index in [2.05, 4.69) is 5.32 Å². The summed E-state index contributed by atoms with van der Waals surface area (Å²) in [5.41, 5.74) is 1.81. The number of nitrogens with one attached hydrogen (secondary N) is 1. The Labute approximate surface area is 210 Å². The van der Waals surface area contributed by atoms with Crippen LogP contribution in [0.1, 0.15) is 26.3 Å². The Morgan fingerprint density at radius 1 is 0.806 bits per heavy atom. The summed E-state index contributed by atoms with van der Waals surface area (Å²) in [5.74, 6) is -1.05. The number of esters is 1. The molecule has 0 saturated heterocycles. The van der Waals surface area contributed by atoms with Gasteiger partial charge in [0.05, 0.1) is 35.4 Å². The molecule has 0 unspecified atom stereocenters. The Hall–Kier alpha value is -4.43. The van der Waals surface area contributed by atoms with E-state index < -0.39 is 21.9 Å². The van der Waals surface area contributed by atoms with Crippen LogP contribution in [0.15, 0.2) is 114 Å². The summed E-state index contributed by atoms with van der Waals surface area (Å²) in [6.07, 6.45) is 0. The molecular weight excluding hydrogens is 476 g/mol. The molecule has 0 atom stereocenters. The van der Waals surface area contributed by atoms with Gasteiger partial charge >= 0.3 is 5.97 Å². The molecule has 0 aliphatic rings. The minimum Gasteiger partial charge on any atom is -0.465 e. The summed E-state index contributed by atoms with van der Waals surface area (Å²) in [7, 11) is -2.73. The van der Waals surface area contributed by atoms with Crippen molar-refractivity contribution in [3.05, 3.63) is 126 Å². The molecule has 0 fully saturated rings. The number of ether oxygens (including phenoxy) is 1.